The van der Waals surface area contributed by atoms with Gasteiger partial charge in [0.1, 0.15) is 11.4 Å². The van der Waals surface area contributed by atoms with Gasteiger partial charge in [0.15, 0.2) is 0 Å². The molecule has 0 atom stereocenters. The van der Waals surface area contributed by atoms with E-state index in [1.54, 1.807) is 7.11 Å². The minimum Gasteiger partial charge on any atom is -0.497 e. The molecular weight excluding hydrogens is 346 g/mol. The van der Waals surface area contributed by atoms with Crippen LogP contribution in [0.5, 0.6) is 5.75 Å². The fourth-order valence-corrected chi connectivity index (χ4v) is 3.49. The fraction of sp³-hybridized carbons (Fsp3) is 0.588. The van der Waals surface area contributed by atoms with E-state index in [4.69, 9.17) is 9.47 Å². The van der Waals surface area contributed by atoms with E-state index in [1.165, 1.54) is 0 Å². The summed E-state index contributed by atoms with van der Waals surface area (Å²) >= 11 is 3.48. The van der Waals surface area contributed by atoms with Gasteiger partial charge in [-0.3, -0.25) is 4.79 Å². The van der Waals surface area contributed by atoms with E-state index in [0.29, 0.717) is 5.92 Å². The van der Waals surface area contributed by atoms with Crippen molar-refractivity contribution < 1.29 is 19.6 Å². The smallest absolute Gasteiger partial charge is 0.310 e. The number of nitrogens with two attached hydrogens (primary N) is 1. The quantitative estimate of drug-likeness (QED) is 0.809. The van der Waals surface area contributed by atoms with Gasteiger partial charge in [-0.15, -0.1) is 0 Å². The summed E-state index contributed by atoms with van der Waals surface area (Å²) in [6.45, 7) is 6.30. The second kappa shape index (κ2) is 7.47. The van der Waals surface area contributed by atoms with Crippen LogP contribution in [0.4, 0.5) is 0 Å². The second-order valence-electron chi connectivity index (χ2n) is 6.35. The van der Waals surface area contributed by atoms with Gasteiger partial charge in [0, 0.05) is 23.2 Å². The Kier molecular flexibility index (Phi) is 5.87. The molecule has 122 valence electrons. The zero-order valence-corrected chi connectivity index (χ0v) is 15.1. The Morgan fingerprint density at radius 3 is 2.64 bits per heavy atom. The lowest BCUT2D eigenvalue weighted by atomic mass is 9.83. The minimum absolute atomic E-state index is 0.176. The Balaban J connectivity index is 1.97. The van der Waals surface area contributed by atoms with Gasteiger partial charge in [0.2, 0.25) is 0 Å². The van der Waals surface area contributed by atoms with Crippen molar-refractivity contribution in [1.82, 2.24) is 0 Å². The summed E-state index contributed by atoms with van der Waals surface area (Å²) in [6, 6.07) is 5.62. The van der Waals surface area contributed by atoms with Gasteiger partial charge >= 0.3 is 5.97 Å². The molecule has 1 fully saturated rings. The van der Waals surface area contributed by atoms with Crippen LogP contribution in [-0.4, -0.2) is 31.8 Å². The highest BCUT2D eigenvalue weighted by molar-refractivity contribution is 9.10. The molecule has 1 aliphatic heterocycles. The van der Waals surface area contributed by atoms with Crippen molar-refractivity contribution in [1.29, 1.82) is 0 Å². The molecule has 1 aromatic rings. The number of quaternary nitrogens is 1. The maximum absolute atomic E-state index is 12.3. The molecule has 2 rings (SSSR count). The molecule has 0 bridgehead atoms. The lowest BCUT2D eigenvalue weighted by Gasteiger charge is -2.35. The highest BCUT2D eigenvalue weighted by atomic mass is 79.9. The third-order valence-electron chi connectivity index (χ3n) is 4.39. The van der Waals surface area contributed by atoms with E-state index in [1.807, 2.05) is 32.0 Å². The first-order valence-electron chi connectivity index (χ1n) is 7.78. The summed E-state index contributed by atoms with van der Waals surface area (Å²) in [6.07, 6.45) is 2.48. The van der Waals surface area contributed by atoms with E-state index < -0.39 is 5.60 Å². The third-order valence-corrected chi connectivity index (χ3v) is 5.13. The van der Waals surface area contributed by atoms with Crippen LogP contribution < -0.4 is 10.1 Å². The van der Waals surface area contributed by atoms with Crippen LogP contribution >= 0.6 is 15.9 Å². The molecule has 2 N–H and O–H groups in total. The summed E-state index contributed by atoms with van der Waals surface area (Å²) in [5.74, 6) is 1.04. The van der Waals surface area contributed by atoms with E-state index in [9.17, 15) is 4.79 Å². The molecule has 0 saturated carbocycles. The summed E-state index contributed by atoms with van der Waals surface area (Å²) in [5, 5.41) is 2.32. The molecular formula is C17H25BrNO3+. The highest BCUT2D eigenvalue weighted by Crippen LogP contribution is 2.29. The Hall–Kier alpha value is -1.07. The number of halogens is 1. The molecule has 0 aliphatic carbocycles. The van der Waals surface area contributed by atoms with Crippen molar-refractivity contribution in [2.24, 2.45) is 5.92 Å². The molecule has 0 aromatic heterocycles. The maximum atomic E-state index is 12.3. The van der Waals surface area contributed by atoms with Crippen LogP contribution in [0.2, 0.25) is 0 Å². The molecule has 1 aromatic carbocycles. The molecule has 22 heavy (non-hydrogen) atoms. The van der Waals surface area contributed by atoms with Gasteiger partial charge in [-0.1, -0.05) is 22.0 Å². The topological polar surface area (TPSA) is 52.1 Å². The predicted molar refractivity (Wildman–Crippen MR) is 89.0 cm³/mol. The van der Waals surface area contributed by atoms with Crippen molar-refractivity contribution in [2.75, 3.05) is 20.2 Å². The third kappa shape index (κ3) is 4.46. The summed E-state index contributed by atoms with van der Waals surface area (Å²) in [4.78, 5) is 12.3. The van der Waals surface area contributed by atoms with E-state index in [0.717, 1.165) is 41.7 Å². The largest absolute Gasteiger partial charge is 0.497 e. The van der Waals surface area contributed by atoms with Crippen molar-refractivity contribution >= 4 is 21.9 Å². The predicted octanol–water partition coefficient (Wildman–Crippen LogP) is 2.30. The number of esters is 1. The molecule has 0 radical (unpaired) electrons. The normalized spacial score (nSPS) is 16.4. The Bertz CT molecular complexity index is 525. The van der Waals surface area contributed by atoms with E-state index >= 15 is 0 Å². The standard InChI is InChI=1S/C17H24BrNO3/c1-17(2,13-6-8-19-9-7-13)22-16(20)10-12-4-5-14(21-3)11-15(12)18/h4-5,11,13,19H,6-10H2,1-3H3/p+1. The van der Waals surface area contributed by atoms with Crippen molar-refractivity contribution in [2.45, 2.75) is 38.7 Å². The monoisotopic (exact) mass is 370 g/mol. The summed E-state index contributed by atoms with van der Waals surface area (Å²) in [7, 11) is 1.62. The highest BCUT2D eigenvalue weighted by Gasteiger charge is 2.35. The molecule has 1 saturated heterocycles. The van der Waals surface area contributed by atoms with Crippen molar-refractivity contribution in [3.8, 4) is 5.75 Å². The number of rotatable bonds is 5. The molecule has 0 unspecified atom stereocenters. The van der Waals surface area contributed by atoms with Gasteiger partial charge in [0.25, 0.3) is 0 Å². The average Bonchev–Trinajstić information content (AvgIpc) is 2.49. The molecule has 5 heteroatoms. The molecule has 0 amide bonds. The van der Waals surface area contributed by atoms with Crippen LogP contribution in [0.25, 0.3) is 0 Å². The molecule has 1 heterocycles. The zero-order valence-electron chi connectivity index (χ0n) is 13.5. The van der Waals surface area contributed by atoms with E-state index in [-0.39, 0.29) is 12.4 Å². The van der Waals surface area contributed by atoms with Gasteiger partial charge in [-0.05, 0) is 31.5 Å². The van der Waals surface area contributed by atoms with Crippen LogP contribution in [0.15, 0.2) is 22.7 Å². The molecule has 1 aliphatic rings. The molecule has 4 nitrogen and oxygen atoms in total. The Labute approximate surface area is 140 Å². The maximum Gasteiger partial charge on any atom is 0.310 e. The SMILES string of the molecule is COc1ccc(CC(=O)OC(C)(C)C2CC[NH2+]CC2)c(Br)c1. The number of benzene rings is 1. The first kappa shape index (κ1) is 17.3. The second-order valence-corrected chi connectivity index (χ2v) is 7.21. The van der Waals surface area contributed by atoms with Gasteiger partial charge in [0.05, 0.1) is 26.6 Å². The van der Waals surface area contributed by atoms with Gasteiger partial charge in [-0.25, -0.2) is 0 Å². The van der Waals surface area contributed by atoms with Crippen LogP contribution in [0.3, 0.4) is 0 Å². The molecule has 0 spiro atoms. The van der Waals surface area contributed by atoms with Crippen molar-refractivity contribution in [3.05, 3.63) is 28.2 Å². The lowest BCUT2D eigenvalue weighted by Crippen LogP contribution is -2.86. The number of carbonyl (C=O) groups excluding carboxylic acids is 1. The van der Waals surface area contributed by atoms with Gasteiger partial charge in [-0.2, -0.15) is 0 Å². The fourth-order valence-electron chi connectivity index (χ4n) is 2.99. The Morgan fingerprint density at radius 2 is 2.05 bits per heavy atom. The Morgan fingerprint density at radius 1 is 1.36 bits per heavy atom. The van der Waals surface area contributed by atoms with Gasteiger partial charge < -0.3 is 14.8 Å². The van der Waals surface area contributed by atoms with Crippen LogP contribution in [0.1, 0.15) is 32.3 Å². The number of hydrogen-bond donors (Lipinski definition) is 1. The van der Waals surface area contributed by atoms with Crippen LogP contribution in [-0.2, 0) is 16.0 Å². The average molecular weight is 371 g/mol. The lowest BCUT2D eigenvalue weighted by molar-refractivity contribution is -0.665. The number of carbonyl (C=O) groups is 1. The van der Waals surface area contributed by atoms with Crippen LogP contribution in [0, 0.1) is 5.92 Å². The zero-order chi connectivity index (χ0) is 16.2. The number of methoxy groups -OCH3 is 1. The van der Waals surface area contributed by atoms with E-state index in [2.05, 4.69) is 21.2 Å². The first-order valence-corrected chi connectivity index (χ1v) is 8.57. The summed E-state index contributed by atoms with van der Waals surface area (Å²) < 4.78 is 11.8. The first-order chi connectivity index (χ1) is 10.4. The number of hydrogen-bond acceptors (Lipinski definition) is 3. The number of ether oxygens (including phenoxy) is 2. The van der Waals surface area contributed by atoms with Crippen molar-refractivity contribution in [3.63, 3.8) is 0 Å². The minimum atomic E-state index is -0.399. The number of piperidine rings is 1. The summed E-state index contributed by atoms with van der Waals surface area (Å²) in [5.41, 5.74) is 0.517.